The van der Waals surface area contributed by atoms with Crippen molar-refractivity contribution in [2.24, 2.45) is 0 Å². The molecule has 0 amide bonds. The Balaban J connectivity index is 1.92. The molecule has 96 valence electrons. The van der Waals surface area contributed by atoms with Gasteiger partial charge in [-0.1, -0.05) is 0 Å². The van der Waals surface area contributed by atoms with Gasteiger partial charge in [0.15, 0.2) is 0 Å². The predicted octanol–water partition coefficient (Wildman–Crippen LogP) is 3.15. The van der Waals surface area contributed by atoms with Crippen molar-refractivity contribution >= 4 is 11.3 Å². The number of thiophene rings is 1. The molecule has 1 heterocycles. The number of hydrogen-bond acceptors (Lipinski definition) is 3. The minimum absolute atomic E-state index is 0.613. The lowest BCUT2D eigenvalue weighted by Crippen LogP contribution is -2.25. The van der Waals surface area contributed by atoms with E-state index in [1.165, 1.54) is 28.2 Å². The SMILES string of the molecule is Cc1sc(CNC2CC2)cc1CN(C)C(C)C. The van der Waals surface area contributed by atoms with Gasteiger partial charge in [0.1, 0.15) is 0 Å². The summed E-state index contributed by atoms with van der Waals surface area (Å²) in [6.07, 6.45) is 2.74. The second-order valence-electron chi connectivity index (χ2n) is 5.46. The lowest BCUT2D eigenvalue weighted by molar-refractivity contribution is 0.265. The van der Waals surface area contributed by atoms with E-state index in [-0.39, 0.29) is 0 Å². The number of rotatable bonds is 6. The van der Waals surface area contributed by atoms with Crippen LogP contribution in [0.4, 0.5) is 0 Å². The summed E-state index contributed by atoms with van der Waals surface area (Å²) in [6.45, 7) is 8.87. The molecule has 1 fully saturated rings. The minimum atomic E-state index is 0.613. The molecule has 17 heavy (non-hydrogen) atoms. The van der Waals surface area contributed by atoms with Gasteiger partial charge >= 0.3 is 0 Å². The van der Waals surface area contributed by atoms with Crippen LogP contribution < -0.4 is 5.32 Å². The van der Waals surface area contributed by atoms with E-state index in [2.05, 4.69) is 44.1 Å². The molecule has 1 saturated carbocycles. The van der Waals surface area contributed by atoms with Crippen molar-refractivity contribution < 1.29 is 0 Å². The summed E-state index contributed by atoms with van der Waals surface area (Å²) in [5, 5.41) is 3.59. The molecule has 1 N–H and O–H groups in total. The Labute approximate surface area is 109 Å². The Morgan fingerprint density at radius 3 is 2.76 bits per heavy atom. The van der Waals surface area contributed by atoms with Gasteiger partial charge in [0, 0.05) is 34.9 Å². The Kier molecular flexibility index (Phi) is 4.23. The minimum Gasteiger partial charge on any atom is -0.309 e. The van der Waals surface area contributed by atoms with Crippen LogP contribution in [0.15, 0.2) is 6.07 Å². The van der Waals surface area contributed by atoms with Gasteiger partial charge in [-0.05, 0) is 52.3 Å². The number of nitrogens with one attached hydrogen (secondary N) is 1. The molecule has 0 aromatic carbocycles. The van der Waals surface area contributed by atoms with Gasteiger partial charge in [0.2, 0.25) is 0 Å². The van der Waals surface area contributed by atoms with E-state index in [1.807, 2.05) is 11.3 Å². The summed E-state index contributed by atoms with van der Waals surface area (Å²) < 4.78 is 0. The largest absolute Gasteiger partial charge is 0.309 e. The van der Waals surface area contributed by atoms with Crippen molar-refractivity contribution in [3.8, 4) is 0 Å². The first-order valence-corrected chi connectivity index (χ1v) is 7.39. The summed E-state index contributed by atoms with van der Waals surface area (Å²) >= 11 is 1.95. The molecular formula is C14H24N2S. The van der Waals surface area contributed by atoms with Crippen LogP contribution in [0.2, 0.25) is 0 Å². The molecule has 2 nitrogen and oxygen atoms in total. The Morgan fingerprint density at radius 2 is 2.18 bits per heavy atom. The summed E-state index contributed by atoms with van der Waals surface area (Å²) in [5.41, 5.74) is 1.50. The van der Waals surface area contributed by atoms with Crippen molar-refractivity contribution in [3.05, 3.63) is 21.4 Å². The Bertz CT molecular complexity index is 366. The zero-order valence-corrected chi connectivity index (χ0v) is 12.2. The van der Waals surface area contributed by atoms with E-state index in [4.69, 9.17) is 0 Å². The highest BCUT2D eigenvalue weighted by atomic mass is 32.1. The summed E-state index contributed by atoms with van der Waals surface area (Å²) in [6, 6.07) is 3.80. The van der Waals surface area contributed by atoms with E-state index in [9.17, 15) is 0 Å². The predicted molar refractivity (Wildman–Crippen MR) is 75.5 cm³/mol. The molecule has 0 unspecified atom stereocenters. The maximum absolute atomic E-state index is 3.59. The van der Waals surface area contributed by atoms with Gasteiger partial charge in [-0.15, -0.1) is 11.3 Å². The number of nitrogens with zero attached hydrogens (tertiary/aromatic N) is 1. The van der Waals surface area contributed by atoms with Crippen LogP contribution in [0.25, 0.3) is 0 Å². The molecule has 1 aromatic heterocycles. The standard InChI is InChI=1S/C14H24N2S/c1-10(2)16(4)9-12-7-14(17-11(12)3)8-15-13-5-6-13/h7,10,13,15H,5-6,8-9H2,1-4H3. The molecule has 0 aliphatic heterocycles. The highest BCUT2D eigenvalue weighted by Gasteiger charge is 2.20. The quantitative estimate of drug-likeness (QED) is 0.836. The second kappa shape index (κ2) is 5.51. The molecular weight excluding hydrogens is 228 g/mol. The van der Waals surface area contributed by atoms with Crippen molar-refractivity contribution in [3.63, 3.8) is 0 Å². The van der Waals surface area contributed by atoms with E-state index in [0.717, 1.165) is 19.1 Å². The molecule has 0 bridgehead atoms. The first kappa shape index (κ1) is 13.1. The van der Waals surface area contributed by atoms with Crippen LogP contribution in [0.1, 0.15) is 42.0 Å². The average molecular weight is 252 g/mol. The van der Waals surface area contributed by atoms with Gasteiger partial charge in [-0.25, -0.2) is 0 Å². The molecule has 3 heteroatoms. The topological polar surface area (TPSA) is 15.3 Å². The van der Waals surface area contributed by atoms with Crippen molar-refractivity contribution in [2.75, 3.05) is 7.05 Å². The molecule has 1 aliphatic carbocycles. The average Bonchev–Trinajstić information content (AvgIpc) is 3.02. The molecule has 1 aliphatic rings. The fourth-order valence-electron chi connectivity index (χ4n) is 1.82. The third-order valence-electron chi connectivity index (χ3n) is 3.52. The number of hydrogen-bond donors (Lipinski definition) is 1. The van der Waals surface area contributed by atoms with Crippen LogP contribution in [-0.4, -0.2) is 24.0 Å². The fraction of sp³-hybridized carbons (Fsp3) is 0.714. The lowest BCUT2D eigenvalue weighted by Gasteiger charge is -2.20. The first-order chi connectivity index (χ1) is 8.06. The highest BCUT2D eigenvalue weighted by molar-refractivity contribution is 7.12. The Morgan fingerprint density at radius 1 is 1.47 bits per heavy atom. The molecule has 2 rings (SSSR count). The van der Waals surface area contributed by atoms with Crippen LogP contribution in [0, 0.1) is 6.92 Å². The Hall–Kier alpha value is -0.380. The van der Waals surface area contributed by atoms with E-state index in [0.29, 0.717) is 6.04 Å². The molecule has 0 spiro atoms. The normalized spacial score (nSPS) is 16.1. The second-order valence-corrected chi connectivity index (χ2v) is 6.80. The fourth-order valence-corrected chi connectivity index (χ4v) is 2.82. The van der Waals surface area contributed by atoms with Crippen molar-refractivity contribution in [1.82, 2.24) is 10.2 Å². The van der Waals surface area contributed by atoms with Crippen molar-refractivity contribution in [2.45, 2.75) is 58.8 Å². The zero-order chi connectivity index (χ0) is 12.4. The van der Waals surface area contributed by atoms with E-state index < -0.39 is 0 Å². The molecule has 0 saturated heterocycles. The third kappa shape index (κ3) is 3.80. The molecule has 0 atom stereocenters. The smallest absolute Gasteiger partial charge is 0.0302 e. The van der Waals surface area contributed by atoms with Gasteiger partial charge in [-0.3, -0.25) is 4.90 Å². The van der Waals surface area contributed by atoms with Gasteiger partial charge in [-0.2, -0.15) is 0 Å². The zero-order valence-electron chi connectivity index (χ0n) is 11.4. The van der Waals surface area contributed by atoms with Gasteiger partial charge in [0.05, 0.1) is 0 Å². The van der Waals surface area contributed by atoms with Gasteiger partial charge < -0.3 is 5.32 Å². The maximum Gasteiger partial charge on any atom is 0.0302 e. The third-order valence-corrected chi connectivity index (χ3v) is 4.61. The highest BCUT2D eigenvalue weighted by Crippen LogP contribution is 2.25. The van der Waals surface area contributed by atoms with Crippen molar-refractivity contribution in [1.29, 1.82) is 0 Å². The maximum atomic E-state index is 3.59. The monoisotopic (exact) mass is 252 g/mol. The number of aryl methyl sites for hydroxylation is 1. The summed E-state index contributed by atoms with van der Waals surface area (Å²) in [4.78, 5) is 5.36. The first-order valence-electron chi connectivity index (χ1n) is 6.58. The van der Waals surface area contributed by atoms with Crippen LogP contribution in [0.3, 0.4) is 0 Å². The van der Waals surface area contributed by atoms with E-state index in [1.54, 1.807) is 0 Å². The van der Waals surface area contributed by atoms with E-state index >= 15 is 0 Å². The van der Waals surface area contributed by atoms with Crippen LogP contribution in [-0.2, 0) is 13.1 Å². The molecule has 1 aromatic rings. The lowest BCUT2D eigenvalue weighted by atomic mass is 10.2. The van der Waals surface area contributed by atoms with Crippen LogP contribution in [0.5, 0.6) is 0 Å². The van der Waals surface area contributed by atoms with Crippen LogP contribution >= 0.6 is 11.3 Å². The summed E-state index contributed by atoms with van der Waals surface area (Å²) in [7, 11) is 2.20. The molecule has 0 radical (unpaired) electrons. The van der Waals surface area contributed by atoms with Gasteiger partial charge in [0.25, 0.3) is 0 Å². The summed E-state index contributed by atoms with van der Waals surface area (Å²) in [5.74, 6) is 0.